The molecule has 0 aliphatic rings. The summed E-state index contributed by atoms with van der Waals surface area (Å²) in [6.07, 6.45) is 0.987. The van der Waals surface area contributed by atoms with Gasteiger partial charge in [-0.1, -0.05) is 38.1 Å². The second-order valence-electron chi connectivity index (χ2n) is 6.95. The van der Waals surface area contributed by atoms with Crippen LogP contribution in [0.1, 0.15) is 35.3 Å². The molecule has 0 heterocycles. The summed E-state index contributed by atoms with van der Waals surface area (Å²) >= 11 is 0. The second kappa shape index (κ2) is 9.04. The molecular weight excluding hydrogens is 326 g/mol. The molecule has 138 valence electrons. The molecule has 0 aromatic heterocycles. The number of hydrogen-bond donors (Lipinski definition) is 2. The Morgan fingerprint density at radius 2 is 1.58 bits per heavy atom. The van der Waals surface area contributed by atoms with E-state index in [9.17, 15) is 9.59 Å². The zero-order chi connectivity index (χ0) is 19.1. The number of rotatable bonds is 6. The van der Waals surface area contributed by atoms with Gasteiger partial charge in [-0.3, -0.25) is 4.79 Å². The lowest BCUT2D eigenvalue weighted by Crippen LogP contribution is -2.28. The van der Waals surface area contributed by atoms with Crippen molar-refractivity contribution in [2.24, 2.45) is 5.92 Å². The molecule has 0 atom stereocenters. The van der Waals surface area contributed by atoms with Gasteiger partial charge in [-0.25, -0.2) is 4.79 Å². The van der Waals surface area contributed by atoms with Crippen molar-refractivity contribution in [3.63, 3.8) is 0 Å². The molecule has 2 aromatic carbocycles. The third-order valence-corrected chi connectivity index (χ3v) is 3.98. The summed E-state index contributed by atoms with van der Waals surface area (Å²) in [6.45, 7) is 4.84. The molecule has 0 saturated heterocycles. The maximum Gasteiger partial charge on any atom is 0.319 e. The van der Waals surface area contributed by atoms with Gasteiger partial charge in [0.05, 0.1) is 0 Å². The Bertz CT molecular complexity index is 752. The highest BCUT2D eigenvalue weighted by Gasteiger charge is 2.09. The van der Waals surface area contributed by atoms with Crippen molar-refractivity contribution < 1.29 is 9.59 Å². The normalized spacial score (nSPS) is 10.5. The van der Waals surface area contributed by atoms with E-state index in [1.165, 1.54) is 10.5 Å². The van der Waals surface area contributed by atoms with Gasteiger partial charge in [0.2, 0.25) is 0 Å². The van der Waals surface area contributed by atoms with Gasteiger partial charge >= 0.3 is 6.03 Å². The maximum absolute atomic E-state index is 12.1. The molecule has 0 fully saturated rings. The van der Waals surface area contributed by atoms with Crippen LogP contribution in [0.15, 0.2) is 48.5 Å². The lowest BCUT2D eigenvalue weighted by atomic mass is 9.98. The van der Waals surface area contributed by atoms with Gasteiger partial charge in [-0.05, 0) is 47.7 Å². The van der Waals surface area contributed by atoms with Crippen LogP contribution < -0.4 is 10.6 Å². The zero-order valence-corrected chi connectivity index (χ0v) is 15.9. The van der Waals surface area contributed by atoms with Gasteiger partial charge in [0.1, 0.15) is 0 Å². The monoisotopic (exact) mass is 353 g/mol. The average Bonchev–Trinajstić information content (AvgIpc) is 2.60. The van der Waals surface area contributed by atoms with Gasteiger partial charge < -0.3 is 15.5 Å². The van der Waals surface area contributed by atoms with Gasteiger partial charge in [-0.2, -0.15) is 0 Å². The molecule has 3 amide bonds. The summed E-state index contributed by atoms with van der Waals surface area (Å²) in [4.78, 5) is 25.5. The topological polar surface area (TPSA) is 61.4 Å². The molecule has 0 unspecified atom stereocenters. The molecule has 0 aliphatic heterocycles. The highest BCUT2D eigenvalue weighted by molar-refractivity contribution is 5.95. The first-order valence-corrected chi connectivity index (χ1v) is 8.80. The molecule has 5 heteroatoms. The van der Waals surface area contributed by atoms with E-state index in [0.717, 1.165) is 12.0 Å². The summed E-state index contributed by atoms with van der Waals surface area (Å²) in [5.41, 5.74) is 3.62. The number of nitrogens with zero attached hydrogens (tertiary/aromatic N) is 1. The summed E-state index contributed by atoms with van der Waals surface area (Å²) in [7, 11) is 3.41. The van der Waals surface area contributed by atoms with Crippen LogP contribution in [0, 0.1) is 5.92 Å². The van der Waals surface area contributed by atoms with Crippen LogP contribution in [0.5, 0.6) is 0 Å². The lowest BCUT2D eigenvalue weighted by molar-refractivity contribution is 0.0827. The van der Waals surface area contributed by atoms with E-state index in [1.54, 1.807) is 38.4 Å². The van der Waals surface area contributed by atoms with Crippen LogP contribution >= 0.6 is 0 Å². The Balaban J connectivity index is 1.92. The number of amides is 3. The minimum absolute atomic E-state index is 0.0669. The number of carbonyl (C=O) groups is 2. The first kappa shape index (κ1) is 19.5. The molecule has 2 rings (SSSR count). The van der Waals surface area contributed by atoms with E-state index in [1.807, 2.05) is 18.2 Å². The van der Waals surface area contributed by atoms with Crippen molar-refractivity contribution in [1.82, 2.24) is 10.2 Å². The van der Waals surface area contributed by atoms with Crippen molar-refractivity contribution in [2.45, 2.75) is 26.8 Å². The Labute approximate surface area is 155 Å². The van der Waals surface area contributed by atoms with E-state index in [-0.39, 0.29) is 11.9 Å². The minimum atomic E-state index is -0.268. The number of hydrogen-bond acceptors (Lipinski definition) is 2. The van der Waals surface area contributed by atoms with Crippen molar-refractivity contribution in [3.05, 3.63) is 65.2 Å². The molecule has 0 aliphatic carbocycles. The number of urea groups is 1. The van der Waals surface area contributed by atoms with Crippen LogP contribution in [0.25, 0.3) is 0 Å². The summed E-state index contributed by atoms with van der Waals surface area (Å²) in [5.74, 6) is 0.496. The van der Waals surface area contributed by atoms with Crippen LogP contribution in [0.2, 0.25) is 0 Å². The molecule has 5 nitrogen and oxygen atoms in total. The predicted octanol–water partition coefficient (Wildman–Crippen LogP) is 3.91. The summed E-state index contributed by atoms with van der Waals surface area (Å²) < 4.78 is 0. The number of benzene rings is 2. The van der Waals surface area contributed by atoms with Crippen molar-refractivity contribution in [3.8, 4) is 0 Å². The Morgan fingerprint density at radius 1 is 0.962 bits per heavy atom. The number of nitrogens with one attached hydrogen (secondary N) is 2. The van der Waals surface area contributed by atoms with E-state index in [2.05, 4.69) is 30.5 Å². The SMILES string of the molecule is CC(C)Cc1ccccc1CNC(=O)Nc1ccc(C(=O)N(C)C)cc1. The highest BCUT2D eigenvalue weighted by atomic mass is 16.2. The standard InChI is InChI=1S/C21H27N3O2/c1-15(2)13-17-7-5-6-8-18(17)14-22-21(26)23-19-11-9-16(10-12-19)20(25)24(3)4/h5-12,15H,13-14H2,1-4H3,(H2,22,23,26). The van der Waals surface area contributed by atoms with Crippen LogP contribution in [-0.2, 0) is 13.0 Å². The fraction of sp³-hybridized carbons (Fsp3) is 0.333. The molecule has 0 bridgehead atoms. The Morgan fingerprint density at radius 3 is 2.15 bits per heavy atom. The molecule has 0 spiro atoms. The van der Waals surface area contributed by atoms with Gasteiger partial charge in [0.25, 0.3) is 5.91 Å². The average molecular weight is 353 g/mol. The third kappa shape index (κ3) is 5.62. The second-order valence-corrected chi connectivity index (χ2v) is 6.95. The zero-order valence-electron chi connectivity index (χ0n) is 15.9. The molecule has 0 saturated carbocycles. The third-order valence-electron chi connectivity index (χ3n) is 3.98. The van der Waals surface area contributed by atoms with Crippen LogP contribution in [0.3, 0.4) is 0 Å². The van der Waals surface area contributed by atoms with Gasteiger partial charge in [0.15, 0.2) is 0 Å². The quantitative estimate of drug-likeness (QED) is 0.827. The van der Waals surface area contributed by atoms with Gasteiger partial charge in [-0.15, -0.1) is 0 Å². The highest BCUT2D eigenvalue weighted by Crippen LogP contribution is 2.14. The maximum atomic E-state index is 12.1. The fourth-order valence-corrected chi connectivity index (χ4v) is 2.67. The smallest absolute Gasteiger partial charge is 0.319 e. The number of carbonyl (C=O) groups excluding carboxylic acids is 2. The summed E-state index contributed by atoms with van der Waals surface area (Å²) in [6, 6.07) is 14.8. The Kier molecular flexibility index (Phi) is 6.78. The summed E-state index contributed by atoms with van der Waals surface area (Å²) in [5, 5.41) is 5.68. The largest absolute Gasteiger partial charge is 0.345 e. The van der Waals surface area contributed by atoms with Crippen molar-refractivity contribution in [2.75, 3.05) is 19.4 Å². The molecule has 2 N–H and O–H groups in total. The van der Waals surface area contributed by atoms with Crippen LogP contribution in [0.4, 0.5) is 10.5 Å². The van der Waals surface area contributed by atoms with Gasteiger partial charge in [0, 0.05) is 31.9 Å². The van der Waals surface area contributed by atoms with E-state index < -0.39 is 0 Å². The minimum Gasteiger partial charge on any atom is -0.345 e. The van der Waals surface area contributed by atoms with Crippen molar-refractivity contribution in [1.29, 1.82) is 0 Å². The molecule has 26 heavy (non-hydrogen) atoms. The molecule has 2 aromatic rings. The Hall–Kier alpha value is -2.82. The predicted molar refractivity (Wildman–Crippen MR) is 105 cm³/mol. The first-order chi connectivity index (χ1) is 12.4. The molecular formula is C21H27N3O2. The molecule has 0 radical (unpaired) electrons. The number of anilines is 1. The van der Waals surface area contributed by atoms with E-state index in [0.29, 0.717) is 23.7 Å². The van der Waals surface area contributed by atoms with Crippen LogP contribution in [-0.4, -0.2) is 30.9 Å². The van der Waals surface area contributed by atoms with Crippen molar-refractivity contribution >= 4 is 17.6 Å². The van der Waals surface area contributed by atoms with E-state index >= 15 is 0 Å². The van der Waals surface area contributed by atoms with E-state index in [4.69, 9.17) is 0 Å². The fourth-order valence-electron chi connectivity index (χ4n) is 2.67. The lowest BCUT2D eigenvalue weighted by Gasteiger charge is -2.13. The first-order valence-electron chi connectivity index (χ1n) is 8.80.